The summed E-state index contributed by atoms with van der Waals surface area (Å²) in [6.45, 7) is 6.16. The fraction of sp³-hybridized carbons (Fsp3) is 0.348. The molecular formula is C23H25N3O3S. The lowest BCUT2D eigenvalue weighted by Crippen LogP contribution is -2.42. The van der Waals surface area contributed by atoms with E-state index in [1.165, 1.54) is 11.8 Å². The topological polar surface area (TPSA) is 64.4 Å². The molecule has 1 amide bonds. The molecule has 4 rings (SSSR count). The number of para-hydroxylation sites is 1. The van der Waals surface area contributed by atoms with Crippen LogP contribution in [0.15, 0.2) is 64.5 Å². The van der Waals surface area contributed by atoms with Gasteiger partial charge in [0, 0.05) is 19.1 Å². The molecule has 7 heteroatoms. The van der Waals surface area contributed by atoms with Crippen LogP contribution in [0, 0.1) is 0 Å². The van der Waals surface area contributed by atoms with Crippen molar-refractivity contribution < 1.29 is 9.53 Å². The van der Waals surface area contributed by atoms with Gasteiger partial charge in [0.1, 0.15) is 5.25 Å². The van der Waals surface area contributed by atoms with Crippen molar-refractivity contribution >= 4 is 28.6 Å². The predicted molar refractivity (Wildman–Crippen MR) is 119 cm³/mol. The number of hydrogen-bond donors (Lipinski definition) is 0. The molecule has 30 heavy (non-hydrogen) atoms. The van der Waals surface area contributed by atoms with Crippen molar-refractivity contribution in [3.63, 3.8) is 0 Å². The minimum absolute atomic E-state index is 0.0206. The van der Waals surface area contributed by atoms with E-state index in [-0.39, 0.29) is 17.5 Å². The number of amides is 1. The molecule has 0 bridgehead atoms. The highest BCUT2D eigenvalue weighted by Crippen LogP contribution is 2.37. The Kier molecular flexibility index (Phi) is 6.20. The number of hydrogen-bond acceptors (Lipinski definition) is 5. The third-order valence-electron chi connectivity index (χ3n) is 5.16. The molecule has 1 fully saturated rings. The van der Waals surface area contributed by atoms with Gasteiger partial charge in [-0.15, -0.1) is 0 Å². The van der Waals surface area contributed by atoms with Gasteiger partial charge in [-0.25, -0.2) is 4.98 Å². The summed E-state index contributed by atoms with van der Waals surface area (Å²) in [6.07, 6.45) is 0. The van der Waals surface area contributed by atoms with Crippen LogP contribution in [0.5, 0.6) is 0 Å². The van der Waals surface area contributed by atoms with Crippen molar-refractivity contribution in [3.05, 3.63) is 70.5 Å². The number of fused-ring (bicyclic) bond motifs is 1. The molecule has 3 aromatic rings. The summed E-state index contributed by atoms with van der Waals surface area (Å²) in [6, 6.07) is 17.0. The van der Waals surface area contributed by atoms with Crippen LogP contribution in [0.2, 0.25) is 0 Å². The lowest BCUT2D eigenvalue weighted by Gasteiger charge is -2.30. The minimum Gasteiger partial charge on any atom is -0.378 e. The van der Waals surface area contributed by atoms with E-state index in [4.69, 9.17) is 9.72 Å². The summed E-state index contributed by atoms with van der Waals surface area (Å²) in [7, 11) is 0. The Morgan fingerprint density at radius 1 is 1.03 bits per heavy atom. The smallest absolute Gasteiger partial charge is 0.262 e. The molecule has 1 aliphatic heterocycles. The van der Waals surface area contributed by atoms with Crippen molar-refractivity contribution in [1.29, 1.82) is 0 Å². The Morgan fingerprint density at radius 3 is 2.40 bits per heavy atom. The van der Waals surface area contributed by atoms with Gasteiger partial charge in [-0.3, -0.25) is 14.2 Å². The van der Waals surface area contributed by atoms with Crippen molar-refractivity contribution in [2.75, 3.05) is 26.3 Å². The fourth-order valence-corrected chi connectivity index (χ4v) is 4.92. The van der Waals surface area contributed by atoms with Gasteiger partial charge in [-0.1, -0.05) is 54.2 Å². The van der Waals surface area contributed by atoms with Crippen molar-refractivity contribution in [1.82, 2.24) is 14.5 Å². The third-order valence-corrected chi connectivity index (χ3v) is 6.37. The van der Waals surface area contributed by atoms with Gasteiger partial charge in [0.25, 0.3) is 5.56 Å². The molecule has 6 nitrogen and oxygen atoms in total. The monoisotopic (exact) mass is 423 g/mol. The molecule has 0 saturated carbocycles. The van der Waals surface area contributed by atoms with Crippen molar-refractivity contribution in [2.24, 2.45) is 0 Å². The second kappa shape index (κ2) is 9.02. The third kappa shape index (κ3) is 4.13. The number of morpholine rings is 1. The van der Waals surface area contributed by atoms with E-state index in [2.05, 4.69) is 0 Å². The van der Waals surface area contributed by atoms with E-state index in [1.54, 1.807) is 10.6 Å². The summed E-state index contributed by atoms with van der Waals surface area (Å²) >= 11 is 1.35. The van der Waals surface area contributed by atoms with Gasteiger partial charge in [0.2, 0.25) is 5.91 Å². The number of rotatable bonds is 5. The maximum atomic E-state index is 13.5. The Labute approximate surface area is 179 Å². The van der Waals surface area contributed by atoms with Gasteiger partial charge in [0.15, 0.2) is 5.16 Å². The van der Waals surface area contributed by atoms with Crippen molar-refractivity contribution in [2.45, 2.75) is 30.3 Å². The Hall–Kier alpha value is -2.64. The van der Waals surface area contributed by atoms with Gasteiger partial charge >= 0.3 is 0 Å². The quantitative estimate of drug-likeness (QED) is 0.463. The highest BCUT2D eigenvalue weighted by molar-refractivity contribution is 8.00. The van der Waals surface area contributed by atoms with Crippen LogP contribution in [-0.4, -0.2) is 46.7 Å². The van der Waals surface area contributed by atoms with Crippen LogP contribution in [0.4, 0.5) is 0 Å². The van der Waals surface area contributed by atoms with E-state index in [0.717, 1.165) is 5.56 Å². The Morgan fingerprint density at radius 2 is 1.70 bits per heavy atom. The molecule has 0 aliphatic carbocycles. The number of aromatic nitrogens is 2. The van der Waals surface area contributed by atoms with Gasteiger partial charge < -0.3 is 9.64 Å². The second-order valence-corrected chi connectivity index (χ2v) is 8.60. The van der Waals surface area contributed by atoms with Crippen molar-refractivity contribution in [3.8, 4) is 0 Å². The first-order valence-corrected chi connectivity index (χ1v) is 11.0. The molecule has 156 valence electrons. The van der Waals surface area contributed by atoms with Crippen LogP contribution in [-0.2, 0) is 9.53 Å². The van der Waals surface area contributed by atoms with Crippen LogP contribution < -0.4 is 5.56 Å². The number of nitrogens with zero attached hydrogens (tertiary/aromatic N) is 3. The molecule has 0 radical (unpaired) electrons. The molecule has 1 saturated heterocycles. The highest BCUT2D eigenvalue weighted by Gasteiger charge is 2.30. The SMILES string of the molecule is CC(C)n1c(S[C@H](C(=O)N2CCOCC2)c2ccccc2)nc2ccccc2c1=O. The highest BCUT2D eigenvalue weighted by atomic mass is 32.2. The molecule has 1 atom stereocenters. The van der Waals surface area contributed by atoms with E-state index < -0.39 is 5.25 Å². The first kappa shape index (κ1) is 20.6. The van der Waals surface area contributed by atoms with E-state index in [0.29, 0.717) is 42.4 Å². The maximum Gasteiger partial charge on any atom is 0.262 e. The lowest BCUT2D eigenvalue weighted by atomic mass is 10.1. The van der Waals surface area contributed by atoms with Crippen LogP contribution in [0.1, 0.15) is 30.7 Å². The van der Waals surface area contributed by atoms with Crippen LogP contribution in [0.3, 0.4) is 0 Å². The number of carbonyl (C=O) groups is 1. The fourth-order valence-electron chi connectivity index (χ4n) is 3.61. The van der Waals surface area contributed by atoms with Crippen LogP contribution >= 0.6 is 11.8 Å². The molecular weight excluding hydrogens is 398 g/mol. The first-order valence-electron chi connectivity index (χ1n) is 10.2. The Balaban J connectivity index is 1.79. The first-order chi connectivity index (χ1) is 14.6. The standard InChI is InChI=1S/C23H25N3O3S/c1-16(2)26-21(27)18-10-6-7-11-19(18)24-23(26)30-20(17-8-4-3-5-9-17)22(28)25-12-14-29-15-13-25/h3-11,16,20H,12-15H2,1-2H3/t20-/m0/s1. The van der Waals surface area contributed by atoms with E-state index in [9.17, 15) is 9.59 Å². The van der Waals surface area contributed by atoms with Crippen LogP contribution in [0.25, 0.3) is 10.9 Å². The normalized spacial score (nSPS) is 15.5. The van der Waals surface area contributed by atoms with Gasteiger partial charge in [-0.2, -0.15) is 0 Å². The average Bonchev–Trinajstić information content (AvgIpc) is 2.78. The van der Waals surface area contributed by atoms with E-state index in [1.807, 2.05) is 67.3 Å². The maximum absolute atomic E-state index is 13.5. The largest absolute Gasteiger partial charge is 0.378 e. The van der Waals surface area contributed by atoms with Gasteiger partial charge in [-0.05, 0) is 31.5 Å². The summed E-state index contributed by atoms with van der Waals surface area (Å²) in [5.41, 5.74) is 1.47. The molecule has 0 N–H and O–H groups in total. The van der Waals surface area contributed by atoms with Gasteiger partial charge in [0.05, 0.1) is 24.1 Å². The number of thioether (sulfide) groups is 1. The molecule has 0 unspecified atom stereocenters. The Bertz CT molecular complexity index is 1090. The summed E-state index contributed by atoms with van der Waals surface area (Å²) in [5, 5.41) is 0.665. The molecule has 1 aromatic heterocycles. The summed E-state index contributed by atoms with van der Waals surface area (Å²) in [5.74, 6) is 0.0206. The molecule has 2 heterocycles. The molecule has 0 spiro atoms. The minimum atomic E-state index is -0.484. The summed E-state index contributed by atoms with van der Waals surface area (Å²) < 4.78 is 7.10. The summed E-state index contributed by atoms with van der Waals surface area (Å²) in [4.78, 5) is 33.3. The lowest BCUT2D eigenvalue weighted by molar-refractivity contribution is -0.134. The zero-order chi connectivity index (χ0) is 21.1. The second-order valence-electron chi connectivity index (χ2n) is 7.53. The average molecular weight is 424 g/mol. The molecule has 2 aromatic carbocycles. The molecule has 1 aliphatic rings. The zero-order valence-corrected chi connectivity index (χ0v) is 18.0. The number of carbonyl (C=O) groups excluding carboxylic acids is 1. The number of benzene rings is 2. The predicted octanol–water partition coefficient (Wildman–Crippen LogP) is 3.67. The zero-order valence-electron chi connectivity index (χ0n) is 17.2. The number of ether oxygens (including phenoxy) is 1. The van der Waals surface area contributed by atoms with E-state index >= 15 is 0 Å².